The van der Waals surface area contributed by atoms with E-state index >= 15 is 0 Å². The van der Waals surface area contributed by atoms with Crippen LogP contribution in [0.4, 0.5) is 0 Å². The first-order chi connectivity index (χ1) is 14.4. The van der Waals surface area contributed by atoms with Crippen LogP contribution in [-0.4, -0.2) is 30.1 Å². The lowest BCUT2D eigenvalue weighted by atomic mass is 9.68. The van der Waals surface area contributed by atoms with Crippen molar-refractivity contribution in [3.05, 3.63) is 71.3 Å². The molecule has 0 aromatic heterocycles. The summed E-state index contributed by atoms with van der Waals surface area (Å²) in [6.07, 6.45) is 3.82. The van der Waals surface area contributed by atoms with E-state index in [1.165, 1.54) is 16.7 Å². The molecule has 30 heavy (non-hydrogen) atoms. The van der Waals surface area contributed by atoms with Gasteiger partial charge in [-0.2, -0.15) is 0 Å². The maximum atomic E-state index is 12.7. The van der Waals surface area contributed by atoms with Crippen molar-refractivity contribution in [3.63, 3.8) is 0 Å². The van der Waals surface area contributed by atoms with Crippen LogP contribution < -0.4 is 0 Å². The molecule has 162 valence electrons. The molecule has 3 nitrogen and oxygen atoms in total. The van der Waals surface area contributed by atoms with Crippen LogP contribution in [-0.2, 0) is 21.5 Å². The summed E-state index contributed by atoms with van der Waals surface area (Å²) in [6.45, 7) is 10.8. The minimum Gasteiger partial charge on any atom is -0.378 e. The SMILES string of the molecule is CCC(=O)N(CC[C@@]1(c2ccc(C)cc2)CCO[C@H](C(C)C)C1)Cc1ccccc1. The molecule has 1 aliphatic rings. The number of ether oxygens (including phenoxy) is 1. The molecule has 1 saturated heterocycles. The Morgan fingerprint density at radius 1 is 1.13 bits per heavy atom. The van der Waals surface area contributed by atoms with Gasteiger partial charge in [0.25, 0.3) is 0 Å². The van der Waals surface area contributed by atoms with Gasteiger partial charge in [-0.3, -0.25) is 4.79 Å². The van der Waals surface area contributed by atoms with Gasteiger partial charge in [-0.15, -0.1) is 0 Å². The Morgan fingerprint density at radius 3 is 2.47 bits per heavy atom. The van der Waals surface area contributed by atoms with E-state index in [0.29, 0.717) is 18.9 Å². The topological polar surface area (TPSA) is 29.5 Å². The molecule has 2 aromatic rings. The highest BCUT2D eigenvalue weighted by Crippen LogP contribution is 2.42. The third kappa shape index (κ3) is 5.51. The lowest BCUT2D eigenvalue weighted by Gasteiger charge is -2.44. The van der Waals surface area contributed by atoms with Crippen molar-refractivity contribution in [2.45, 2.75) is 71.4 Å². The van der Waals surface area contributed by atoms with Gasteiger partial charge in [0.2, 0.25) is 5.91 Å². The van der Waals surface area contributed by atoms with Crippen LogP contribution in [0.2, 0.25) is 0 Å². The van der Waals surface area contributed by atoms with Crippen LogP contribution in [0, 0.1) is 12.8 Å². The summed E-state index contributed by atoms with van der Waals surface area (Å²) >= 11 is 0. The zero-order valence-electron chi connectivity index (χ0n) is 19.1. The summed E-state index contributed by atoms with van der Waals surface area (Å²) in [5.41, 5.74) is 3.93. The minimum absolute atomic E-state index is 0.0594. The largest absolute Gasteiger partial charge is 0.378 e. The van der Waals surface area contributed by atoms with E-state index in [2.05, 4.69) is 57.2 Å². The molecule has 1 fully saturated rings. The van der Waals surface area contributed by atoms with Crippen molar-refractivity contribution < 1.29 is 9.53 Å². The highest BCUT2D eigenvalue weighted by Gasteiger charge is 2.39. The molecule has 2 atom stereocenters. The van der Waals surface area contributed by atoms with Gasteiger partial charge in [0.05, 0.1) is 6.10 Å². The van der Waals surface area contributed by atoms with Gasteiger partial charge in [0.15, 0.2) is 0 Å². The Bertz CT molecular complexity index is 799. The fraction of sp³-hybridized carbons (Fsp3) is 0.519. The van der Waals surface area contributed by atoms with Gasteiger partial charge in [-0.25, -0.2) is 0 Å². The summed E-state index contributed by atoms with van der Waals surface area (Å²) in [5.74, 6) is 0.721. The van der Waals surface area contributed by atoms with Crippen molar-refractivity contribution in [2.75, 3.05) is 13.2 Å². The van der Waals surface area contributed by atoms with Crippen molar-refractivity contribution >= 4 is 5.91 Å². The summed E-state index contributed by atoms with van der Waals surface area (Å²) in [4.78, 5) is 14.8. The van der Waals surface area contributed by atoms with Crippen molar-refractivity contribution in [2.24, 2.45) is 5.92 Å². The zero-order valence-corrected chi connectivity index (χ0v) is 19.1. The monoisotopic (exact) mass is 407 g/mol. The van der Waals surface area contributed by atoms with E-state index in [1.807, 2.05) is 30.0 Å². The molecule has 0 radical (unpaired) electrons. The van der Waals surface area contributed by atoms with Gasteiger partial charge in [-0.05, 0) is 43.2 Å². The van der Waals surface area contributed by atoms with Crippen molar-refractivity contribution in [1.82, 2.24) is 4.90 Å². The first kappa shape index (κ1) is 22.6. The van der Waals surface area contributed by atoms with E-state index in [0.717, 1.165) is 32.4 Å². The van der Waals surface area contributed by atoms with E-state index in [9.17, 15) is 4.79 Å². The number of carbonyl (C=O) groups excluding carboxylic acids is 1. The summed E-state index contributed by atoms with van der Waals surface area (Å²) in [7, 11) is 0. The number of carbonyl (C=O) groups is 1. The van der Waals surface area contributed by atoms with Crippen LogP contribution >= 0.6 is 0 Å². The Hall–Kier alpha value is -2.13. The highest BCUT2D eigenvalue weighted by molar-refractivity contribution is 5.75. The second kappa shape index (κ2) is 10.3. The number of benzene rings is 2. The molecule has 2 aromatic carbocycles. The Labute approximate surface area is 182 Å². The fourth-order valence-corrected chi connectivity index (χ4v) is 4.59. The molecule has 1 amide bonds. The lowest BCUT2D eigenvalue weighted by Crippen LogP contribution is -2.43. The highest BCUT2D eigenvalue weighted by atomic mass is 16.5. The normalized spacial score (nSPS) is 21.6. The molecular weight excluding hydrogens is 370 g/mol. The number of amides is 1. The minimum atomic E-state index is 0.0594. The number of hydrogen-bond donors (Lipinski definition) is 0. The standard InChI is InChI=1S/C27H37NO2/c1-5-26(29)28(20-23-9-7-6-8-10-23)17-15-27(24-13-11-22(4)12-14-24)16-18-30-25(19-27)21(2)3/h6-14,21,25H,5,15-20H2,1-4H3/t25-,27+/m0/s1. The predicted octanol–water partition coefficient (Wildman–Crippen LogP) is 5.90. The Balaban J connectivity index is 1.84. The molecule has 0 saturated carbocycles. The molecule has 0 unspecified atom stereocenters. The molecule has 3 heteroatoms. The first-order valence-electron chi connectivity index (χ1n) is 11.4. The van der Waals surface area contributed by atoms with Gasteiger partial charge in [0.1, 0.15) is 0 Å². The molecule has 1 heterocycles. The number of rotatable bonds is 8. The Morgan fingerprint density at radius 2 is 1.83 bits per heavy atom. The number of nitrogens with zero attached hydrogens (tertiary/aromatic N) is 1. The fourth-order valence-electron chi connectivity index (χ4n) is 4.59. The number of aryl methyl sites for hydroxylation is 1. The van der Waals surface area contributed by atoms with Crippen molar-refractivity contribution in [1.29, 1.82) is 0 Å². The predicted molar refractivity (Wildman–Crippen MR) is 123 cm³/mol. The lowest BCUT2D eigenvalue weighted by molar-refractivity contribution is -0.132. The van der Waals surface area contributed by atoms with E-state index in [4.69, 9.17) is 4.74 Å². The second-order valence-corrected chi connectivity index (χ2v) is 9.16. The van der Waals surface area contributed by atoms with E-state index in [1.54, 1.807) is 0 Å². The molecule has 0 bridgehead atoms. The number of hydrogen-bond acceptors (Lipinski definition) is 2. The average Bonchev–Trinajstić information content (AvgIpc) is 2.77. The van der Waals surface area contributed by atoms with Crippen LogP contribution in [0.3, 0.4) is 0 Å². The molecule has 0 N–H and O–H groups in total. The van der Waals surface area contributed by atoms with Crippen LogP contribution in [0.25, 0.3) is 0 Å². The molecule has 0 spiro atoms. The third-order valence-electron chi connectivity index (χ3n) is 6.64. The van der Waals surface area contributed by atoms with Gasteiger partial charge < -0.3 is 9.64 Å². The van der Waals surface area contributed by atoms with Crippen LogP contribution in [0.5, 0.6) is 0 Å². The maximum absolute atomic E-state index is 12.7. The molecule has 0 aliphatic carbocycles. The quantitative estimate of drug-likeness (QED) is 0.545. The molecule has 3 rings (SSSR count). The summed E-state index contributed by atoms with van der Waals surface area (Å²) in [5, 5.41) is 0. The summed E-state index contributed by atoms with van der Waals surface area (Å²) < 4.78 is 6.13. The molecule has 1 aliphatic heterocycles. The van der Waals surface area contributed by atoms with Crippen molar-refractivity contribution in [3.8, 4) is 0 Å². The van der Waals surface area contributed by atoms with E-state index < -0.39 is 0 Å². The molecular formula is C27H37NO2. The van der Waals surface area contributed by atoms with Crippen LogP contribution in [0.1, 0.15) is 63.1 Å². The first-order valence-corrected chi connectivity index (χ1v) is 11.4. The smallest absolute Gasteiger partial charge is 0.222 e. The van der Waals surface area contributed by atoms with Gasteiger partial charge in [-0.1, -0.05) is 80.9 Å². The van der Waals surface area contributed by atoms with Gasteiger partial charge >= 0.3 is 0 Å². The third-order valence-corrected chi connectivity index (χ3v) is 6.64. The Kier molecular flexibility index (Phi) is 7.71. The summed E-state index contributed by atoms with van der Waals surface area (Å²) in [6, 6.07) is 19.3. The second-order valence-electron chi connectivity index (χ2n) is 9.16. The maximum Gasteiger partial charge on any atom is 0.222 e. The zero-order chi connectivity index (χ0) is 21.6. The van der Waals surface area contributed by atoms with Crippen LogP contribution in [0.15, 0.2) is 54.6 Å². The average molecular weight is 408 g/mol. The van der Waals surface area contributed by atoms with Gasteiger partial charge in [0, 0.05) is 31.5 Å². The van der Waals surface area contributed by atoms with E-state index in [-0.39, 0.29) is 17.4 Å².